The molecule has 0 spiro atoms. The van der Waals surface area contributed by atoms with Crippen LogP contribution in [-0.4, -0.2) is 36.6 Å². The number of nitrogens with zero attached hydrogens (tertiary/aromatic N) is 1. The minimum absolute atomic E-state index is 0.759. The van der Waals surface area contributed by atoms with Gasteiger partial charge >= 0.3 is 0 Å². The van der Waals surface area contributed by atoms with Crippen LogP contribution in [0.2, 0.25) is 0 Å². The summed E-state index contributed by atoms with van der Waals surface area (Å²) in [6.45, 7) is 3.18. The van der Waals surface area contributed by atoms with E-state index < -0.39 is 0 Å². The van der Waals surface area contributed by atoms with Gasteiger partial charge in [0.1, 0.15) is 0 Å². The standard InChI is InChI=1S/C12H20N2/c1-2-8-14-9-6-12(7-10-14)13-11-4-3-5-11/h1,11-13H,3-10H2. The highest BCUT2D eigenvalue weighted by Crippen LogP contribution is 2.21. The van der Waals surface area contributed by atoms with Gasteiger partial charge in [-0.25, -0.2) is 0 Å². The van der Waals surface area contributed by atoms with Crippen LogP contribution in [-0.2, 0) is 0 Å². The summed E-state index contributed by atoms with van der Waals surface area (Å²) in [5.41, 5.74) is 0. The second-order valence-electron chi connectivity index (χ2n) is 4.55. The molecule has 14 heavy (non-hydrogen) atoms. The van der Waals surface area contributed by atoms with Crippen molar-refractivity contribution < 1.29 is 0 Å². The summed E-state index contributed by atoms with van der Waals surface area (Å²) in [6.07, 6.45) is 12.1. The fourth-order valence-electron chi connectivity index (χ4n) is 2.30. The monoisotopic (exact) mass is 192 g/mol. The van der Waals surface area contributed by atoms with Crippen LogP contribution in [0.5, 0.6) is 0 Å². The molecule has 0 atom stereocenters. The van der Waals surface area contributed by atoms with Crippen molar-refractivity contribution in [2.75, 3.05) is 19.6 Å². The van der Waals surface area contributed by atoms with E-state index in [0.29, 0.717) is 0 Å². The maximum absolute atomic E-state index is 5.30. The van der Waals surface area contributed by atoms with Crippen LogP contribution >= 0.6 is 0 Å². The Morgan fingerprint density at radius 1 is 1.14 bits per heavy atom. The molecule has 0 aromatic heterocycles. The van der Waals surface area contributed by atoms with Gasteiger partial charge in [-0.2, -0.15) is 0 Å². The van der Waals surface area contributed by atoms with E-state index in [2.05, 4.69) is 16.1 Å². The van der Waals surface area contributed by atoms with Crippen LogP contribution in [0.1, 0.15) is 32.1 Å². The Balaban J connectivity index is 1.65. The van der Waals surface area contributed by atoms with E-state index in [4.69, 9.17) is 6.42 Å². The smallest absolute Gasteiger partial charge is 0.0598 e. The summed E-state index contributed by atoms with van der Waals surface area (Å²) in [6, 6.07) is 1.59. The zero-order valence-corrected chi connectivity index (χ0v) is 8.84. The normalized spacial score (nSPS) is 25.6. The summed E-state index contributed by atoms with van der Waals surface area (Å²) in [5, 5.41) is 3.74. The van der Waals surface area contributed by atoms with Gasteiger partial charge in [-0.15, -0.1) is 6.42 Å². The maximum atomic E-state index is 5.30. The fourth-order valence-corrected chi connectivity index (χ4v) is 2.30. The molecule has 0 radical (unpaired) electrons. The van der Waals surface area contributed by atoms with Crippen molar-refractivity contribution in [3.63, 3.8) is 0 Å². The molecule has 2 rings (SSSR count). The van der Waals surface area contributed by atoms with Crippen LogP contribution in [0.25, 0.3) is 0 Å². The first-order valence-corrected chi connectivity index (χ1v) is 5.80. The molecule has 2 aliphatic rings. The van der Waals surface area contributed by atoms with E-state index in [9.17, 15) is 0 Å². The largest absolute Gasteiger partial charge is 0.311 e. The molecule has 0 unspecified atom stereocenters. The number of terminal acetylenes is 1. The lowest BCUT2D eigenvalue weighted by Crippen LogP contribution is -2.48. The molecule has 1 aliphatic heterocycles. The average Bonchev–Trinajstić information content (AvgIpc) is 2.14. The topological polar surface area (TPSA) is 15.3 Å². The predicted octanol–water partition coefficient (Wildman–Crippen LogP) is 1.23. The highest BCUT2D eigenvalue weighted by atomic mass is 15.1. The van der Waals surface area contributed by atoms with E-state index >= 15 is 0 Å². The summed E-state index contributed by atoms with van der Waals surface area (Å²) >= 11 is 0. The average molecular weight is 192 g/mol. The lowest BCUT2D eigenvalue weighted by atomic mass is 9.91. The molecule has 0 amide bonds. The van der Waals surface area contributed by atoms with Gasteiger partial charge < -0.3 is 5.32 Å². The zero-order chi connectivity index (χ0) is 9.80. The molecule has 1 N–H and O–H groups in total. The van der Waals surface area contributed by atoms with Crippen molar-refractivity contribution >= 4 is 0 Å². The number of piperidine rings is 1. The van der Waals surface area contributed by atoms with Gasteiger partial charge in [-0.05, 0) is 25.7 Å². The lowest BCUT2D eigenvalue weighted by molar-refractivity contribution is 0.192. The molecule has 1 aliphatic carbocycles. The Bertz CT molecular complexity index is 207. The Hall–Kier alpha value is -0.520. The molecule has 0 bridgehead atoms. The first-order valence-electron chi connectivity index (χ1n) is 5.80. The molecule has 1 saturated heterocycles. The summed E-state index contributed by atoms with van der Waals surface area (Å²) in [7, 11) is 0. The van der Waals surface area contributed by atoms with Crippen molar-refractivity contribution in [2.24, 2.45) is 0 Å². The van der Waals surface area contributed by atoms with Crippen LogP contribution in [0.4, 0.5) is 0 Å². The molecule has 78 valence electrons. The Morgan fingerprint density at radius 3 is 2.29 bits per heavy atom. The van der Waals surface area contributed by atoms with Gasteiger partial charge in [0.25, 0.3) is 0 Å². The highest BCUT2D eigenvalue weighted by molar-refractivity contribution is 4.91. The summed E-state index contributed by atoms with van der Waals surface area (Å²) in [5.74, 6) is 2.72. The molecule has 1 heterocycles. The van der Waals surface area contributed by atoms with Crippen molar-refractivity contribution in [1.29, 1.82) is 0 Å². The predicted molar refractivity (Wildman–Crippen MR) is 59.1 cm³/mol. The number of rotatable bonds is 3. The highest BCUT2D eigenvalue weighted by Gasteiger charge is 2.24. The van der Waals surface area contributed by atoms with Gasteiger partial charge in [-0.1, -0.05) is 12.3 Å². The van der Waals surface area contributed by atoms with Gasteiger partial charge in [0.15, 0.2) is 0 Å². The molecule has 2 fully saturated rings. The van der Waals surface area contributed by atoms with Crippen LogP contribution in [0.15, 0.2) is 0 Å². The number of hydrogen-bond acceptors (Lipinski definition) is 2. The van der Waals surface area contributed by atoms with Crippen LogP contribution in [0.3, 0.4) is 0 Å². The fraction of sp³-hybridized carbons (Fsp3) is 0.833. The van der Waals surface area contributed by atoms with Gasteiger partial charge in [0.05, 0.1) is 6.54 Å². The van der Waals surface area contributed by atoms with E-state index in [-0.39, 0.29) is 0 Å². The summed E-state index contributed by atoms with van der Waals surface area (Å²) in [4.78, 5) is 2.37. The van der Waals surface area contributed by atoms with Gasteiger partial charge in [0, 0.05) is 25.2 Å². The van der Waals surface area contributed by atoms with Gasteiger partial charge in [-0.3, -0.25) is 4.90 Å². The third-order valence-electron chi connectivity index (χ3n) is 3.48. The SMILES string of the molecule is C#CCN1CCC(NC2CCC2)CC1. The van der Waals surface area contributed by atoms with Crippen molar-refractivity contribution in [3.8, 4) is 12.3 Å². The first-order chi connectivity index (χ1) is 6.88. The van der Waals surface area contributed by atoms with E-state index in [1.807, 2.05) is 0 Å². The van der Waals surface area contributed by atoms with E-state index in [1.165, 1.54) is 45.2 Å². The molecule has 2 heteroatoms. The van der Waals surface area contributed by atoms with Crippen molar-refractivity contribution in [3.05, 3.63) is 0 Å². The Labute approximate surface area is 87.1 Å². The van der Waals surface area contributed by atoms with Crippen molar-refractivity contribution in [1.82, 2.24) is 10.2 Å². The molecule has 0 aromatic carbocycles. The third-order valence-corrected chi connectivity index (χ3v) is 3.48. The minimum Gasteiger partial charge on any atom is -0.311 e. The van der Waals surface area contributed by atoms with Crippen LogP contribution < -0.4 is 5.32 Å². The maximum Gasteiger partial charge on any atom is 0.0598 e. The molecular weight excluding hydrogens is 172 g/mol. The van der Waals surface area contributed by atoms with E-state index in [1.54, 1.807) is 0 Å². The Kier molecular flexibility index (Phi) is 3.44. The number of hydrogen-bond donors (Lipinski definition) is 1. The number of likely N-dealkylation sites (tertiary alicyclic amines) is 1. The molecule has 2 nitrogen and oxygen atoms in total. The number of nitrogens with one attached hydrogen (secondary N) is 1. The third kappa shape index (κ3) is 2.50. The minimum atomic E-state index is 0.759. The molecule has 0 aromatic rings. The quantitative estimate of drug-likeness (QED) is 0.677. The second kappa shape index (κ2) is 4.82. The second-order valence-corrected chi connectivity index (χ2v) is 4.55. The zero-order valence-electron chi connectivity index (χ0n) is 8.84. The summed E-state index contributed by atoms with van der Waals surface area (Å²) < 4.78 is 0. The van der Waals surface area contributed by atoms with Crippen LogP contribution in [0, 0.1) is 12.3 Å². The van der Waals surface area contributed by atoms with Crippen molar-refractivity contribution in [2.45, 2.75) is 44.2 Å². The molecule has 1 saturated carbocycles. The first kappa shape index (κ1) is 10.0. The van der Waals surface area contributed by atoms with E-state index in [0.717, 1.165) is 18.6 Å². The Morgan fingerprint density at radius 2 is 1.79 bits per heavy atom. The van der Waals surface area contributed by atoms with Gasteiger partial charge in [0.2, 0.25) is 0 Å². The lowest BCUT2D eigenvalue weighted by Gasteiger charge is -2.36. The molecular formula is C12H20N2.